The third-order valence-electron chi connectivity index (χ3n) is 2.32. The zero-order valence-corrected chi connectivity index (χ0v) is 10.7. The van der Waals surface area contributed by atoms with E-state index in [1.54, 1.807) is 6.92 Å². The van der Waals surface area contributed by atoms with Gasteiger partial charge in [-0.2, -0.15) is 5.10 Å². The van der Waals surface area contributed by atoms with Crippen LogP contribution >= 0.6 is 0 Å². The number of benzene rings is 1. The number of rotatable bonds is 6. The van der Waals surface area contributed by atoms with Gasteiger partial charge in [0.1, 0.15) is 0 Å². The summed E-state index contributed by atoms with van der Waals surface area (Å²) in [5.41, 5.74) is 7.92. The number of hydrazone groups is 1. The highest BCUT2D eigenvalue weighted by Gasteiger charge is 2.18. The molecule has 0 aliphatic carbocycles. The molecule has 0 bridgehead atoms. The first-order valence-corrected chi connectivity index (χ1v) is 5.92. The van der Waals surface area contributed by atoms with Crippen molar-refractivity contribution in [1.29, 1.82) is 0 Å². The lowest BCUT2D eigenvalue weighted by Gasteiger charge is -2.11. The average molecular weight is 263 g/mol. The highest BCUT2D eigenvalue weighted by Crippen LogP contribution is 2.09. The number of hydrogen-bond donors (Lipinski definition) is 2. The van der Waals surface area contributed by atoms with E-state index in [4.69, 9.17) is 10.5 Å². The van der Waals surface area contributed by atoms with Gasteiger partial charge in [-0.1, -0.05) is 30.3 Å². The molecule has 1 aromatic rings. The van der Waals surface area contributed by atoms with Crippen LogP contribution in [0.25, 0.3) is 0 Å². The van der Waals surface area contributed by atoms with Crippen LogP contribution in [0.4, 0.5) is 4.79 Å². The number of hydrogen-bond acceptors (Lipinski definition) is 4. The van der Waals surface area contributed by atoms with Gasteiger partial charge in [-0.05, 0) is 18.9 Å². The van der Waals surface area contributed by atoms with Gasteiger partial charge in [-0.15, -0.1) is 0 Å². The first-order valence-electron chi connectivity index (χ1n) is 5.92. The van der Waals surface area contributed by atoms with Crippen LogP contribution in [0.3, 0.4) is 0 Å². The van der Waals surface area contributed by atoms with E-state index >= 15 is 0 Å². The first-order chi connectivity index (χ1) is 9.13. The highest BCUT2D eigenvalue weighted by molar-refractivity contribution is 5.90. The van der Waals surface area contributed by atoms with Crippen LogP contribution < -0.4 is 11.2 Å². The number of esters is 1. The molecule has 6 nitrogen and oxygen atoms in total. The van der Waals surface area contributed by atoms with Gasteiger partial charge in [0, 0.05) is 6.21 Å². The number of nitrogens with two attached hydrogens (primary N) is 1. The molecule has 1 aromatic carbocycles. The second-order valence-corrected chi connectivity index (χ2v) is 3.80. The molecular formula is C13H17N3O3. The summed E-state index contributed by atoms with van der Waals surface area (Å²) in [6, 6.07) is 8.69. The van der Waals surface area contributed by atoms with Crippen molar-refractivity contribution in [2.45, 2.75) is 13.3 Å². The summed E-state index contributed by atoms with van der Waals surface area (Å²) in [5, 5.41) is 3.62. The van der Waals surface area contributed by atoms with E-state index in [0.717, 1.165) is 5.56 Å². The normalized spacial score (nSPS) is 12.1. The van der Waals surface area contributed by atoms with Gasteiger partial charge in [0.25, 0.3) is 0 Å². The number of carbonyl (C=O) groups is 2. The summed E-state index contributed by atoms with van der Waals surface area (Å²) < 4.78 is 4.96. The molecule has 0 radical (unpaired) electrons. The van der Waals surface area contributed by atoms with Gasteiger partial charge >= 0.3 is 12.0 Å². The molecule has 102 valence electrons. The molecule has 0 heterocycles. The fourth-order valence-corrected chi connectivity index (χ4v) is 1.51. The van der Waals surface area contributed by atoms with Crippen molar-refractivity contribution < 1.29 is 14.3 Å². The number of urea groups is 1. The van der Waals surface area contributed by atoms with E-state index in [9.17, 15) is 9.59 Å². The maximum absolute atomic E-state index is 11.8. The number of carbonyl (C=O) groups excluding carboxylic acids is 2. The van der Waals surface area contributed by atoms with Gasteiger partial charge < -0.3 is 10.5 Å². The molecule has 1 atom stereocenters. The Bertz CT molecular complexity index is 446. The molecule has 0 unspecified atom stereocenters. The van der Waals surface area contributed by atoms with Crippen molar-refractivity contribution >= 4 is 18.2 Å². The summed E-state index contributed by atoms with van der Waals surface area (Å²) in [7, 11) is 0. The van der Waals surface area contributed by atoms with Crippen molar-refractivity contribution in [2.24, 2.45) is 16.8 Å². The Hall–Kier alpha value is -2.37. The van der Waals surface area contributed by atoms with Crippen LogP contribution in [0.15, 0.2) is 35.4 Å². The van der Waals surface area contributed by atoms with E-state index < -0.39 is 11.9 Å². The molecule has 0 saturated carbocycles. The molecule has 0 aromatic heterocycles. The number of amides is 2. The Kier molecular flexibility index (Phi) is 6.08. The largest absolute Gasteiger partial charge is 0.465 e. The molecule has 0 spiro atoms. The Morgan fingerprint density at radius 1 is 1.42 bits per heavy atom. The molecule has 3 N–H and O–H groups in total. The predicted molar refractivity (Wildman–Crippen MR) is 71.5 cm³/mol. The van der Waals surface area contributed by atoms with Gasteiger partial charge in [0.05, 0.1) is 12.5 Å². The van der Waals surface area contributed by atoms with Crippen LogP contribution in [0, 0.1) is 5.92 Å². The van der Waals surface area contributed by atoms with Gasteiger partial charge in [0.2, 0.25) is 0 Å². The Balaban J connectivity index is 2.71. The third kappa shape index (κ3) is 5.67. The molecule has 2 amide bonds. The molecule has 1 rings (SSSR count). The Morgan fingerprint density at radius 2 is 2.11 bits per heavy atom. The number of nitrogens with zero attached hydrogens (tertiary/aromatic N) is 1. The van der Waals surface area contributed by atoms with E-state index in [0.29, 0.717) is 13.0 Å². The minimum absolute atomic E-state index is 0.293. The minimum Gasteiger partial charge on any atom is -0.465 e. The highest BCUT2D eigenvalue weighted by atomic mass is 16.5. The number of primary amides is 1. The third-order valence-corrected chi connectivity index (χ3v) is 2.32. The van der Waals surface area contributed by atoms with Crippen molar-refractivity contribution in [3.63, 3.8) is 0 Å². The van der Waals surface area contributed by atoms with Crippen LogP contribution in [-0.4, -0.2) is 24.8 Å². The molecule has 19 heavy (non-hydrogen) atoms. The molecule has 0 fully saturated rings. The van der Waals surface area contributed by atoms with Crippen molar-refractivity contribution in [1.82, 2.24) is 5.43 Å². The fourth-order valence-electron chi connectivity index (χ4n) is 1.51. The fraction of sp³-hybridized carbons (Fsp3) is 0.308. The lowest BCUT2D eigenvalue weighted by molar-refractivity contribution is -0.145. The van der Waals surface area contributed by atoms with E-state index in [1.807, 2.05) is 30.3 Å². The standard InChI is InChI=1S/C13H17N3O3/c1-2-19-12(17)11(9-15-16-13(14)18)8-10-6-4-3-5-7-10/h3-7,9,11H,2,8H2,1H3,(H3,14,16,18)/t11-/m0/s1. The second-order valence-electron chi connectivity index (χ2n) is 3.80. The van der Waals surface area contributed by atoms with E-state index in [1.165, 1.54) is 6.21 Å². The molecular weight excluding hydrogens is 246 g/mol. The summed E-state index contributed by atoms with van der Waals surface area (Å²) in [6.07, 6.45) is 1.78. The second kappa shape index (κ2) is 7.86. The predicted octanol–water partition coefficient (Wildman–Crippen LogP) is 1.06. The zero-order valence-electron chi connectivity index (χ0n) is 10.7. The topological polar surface area (TPSA) is 93.8 Å². The SMILES string of the molecule is CCOC(=O)[C@H](C=NNC(N)=O)Cc1ccccc1. The number of nitrogens with one attached hydrogen (secondary N) is 1. The van der Waals surface area contributed by atoms with Crippen LogP contribution in [0.2, 0.25) is 0 Å². The van der Waals surface area contributed by atoms with Crippen molar-refractivity contribution in [3.05, 3.63) is 35.9 Å². The van der Waals surface area contributed by atoms with E-state index in [-0.39, 0.29) is 5.97 Å². The molecule has 0 aliphatic rings. The van der Waals surface area contributed by atoms with Crippen molar-refractivity contribution in [3.8, 4) is 0 Å². The maximum atomic E-state index is 11.8. The minimum atomic E-state index is -0.779. The quantitative estimate of drug-likeness (QED) is 0.456. The van der Waals surface area contributed by atoms with Gasteiger partial charge in [0.15, 0.2) is 0 Å². The lowest BCUT2D eigenvalue weighted by atomic mass is 10.0. The van der Waals surface area contributed by atoms with Crippen LogP contribution in [0.5, 0.6) is 0 Å². The van der Waals surface area contributed by atoms with E-state index in [2.05, 4.69) is 10.5 Å². The Labute approximate surface area is 111 Å². The average Bonchev–Trinajstić information content (AvgIpc) is 2.38. The monoisotopic (exact) mass is 263 g/mol. The summed E-state index contributed by atoms with van der Waals surface area (Å²) in [6.45, 7) is 2.03. The van der Waals surface area contributed by atoms with Crippen LogP contribution in [-0.2, 0) is 16.0 Å². The van der Waals surface area contributed by atoms with Crippen molar-refractivity contribution in [2.75, 3.05) is 6.61 Å². The Morgan fingerprint density at radius 3 is 2.68 bits per heavy atom. The summed E-state index contributed by atoms with van der Waals surface area (Å²) >= 11 is 0. The first kappa shape index (κ1) is 14.7. The maximum Gasteiger partial charge on any atom is 0.332 e. The molecule has 0 aliphatic heterocycles. The molecule has 0 saturated heterocycles. The number of ether oxygens (including phenoxy) is 1. The zero-order chi connectivity index (χ0) is 14.1. The van der Waals surface area contributed by atoms with Gasteiger partial charge in [-0.25, -0.2) is 10.2 Å². The summed E-state index contributed by atoms with van der Waals surface area (Å²) in [4.78, 5) is 22.3. The lowest BCUT2D eigenvalue weighted by Crippen LogP contribution is -2.27. The molecule has 6 heteroatoms. The smallest absolute Gasteiger partial charge is 0.332 e. The van der Waals surface area contributed by atoms with Crippen LogP contribution in [0.1, 0.15) is 12.5 Å². The summed E-state index contributed by atoms with van der Waals surface area (Å²) in [5.74, 6) is -0.949. The van der Waals surface area contributed by atoms with Gasteiger partial charge in [-0.3, -0.25) is 4.79 Å².